The van der Waals surface area contributed by atoms with E-state index in [9.17, 15) is 33.9 Å². The lowest BCUT2D eigenvalue weighted by molar-refractivity contribution is -0.161. The number of aliphatic carboxylic acids is 1. The molecule has 13 nitrogen and oxygen atoms in total. The number of nitrogens with one attached hydrogen (secondary N) is 2. The highest BCUT2D eigenvalue weighted by atomic mass is 32.2. The second-order valence-corrected chi connectivity index (χ2v) is 10.1. The number of carbonyl (C=O) groups excluding carboxylic acids is 5. The summed E-state index contributed by atoms with van der Waals surface area (Å²) >= 11 is 1.26. The lowest BCUT2D eigenvalue weighted by Crippen LogP contribution is -2.71. The molecule has 1 aromatic rings. The van der Waals surface area contributed by atoms with E-state index in [1.165, 1.54) is 16.7 Å². The number of carbonyl (C=O) groups is 6. The molecule has 0 aromatic heterocycles. The number of β-lactam (4-membered cyclic amide) rings is 1. The number of carboxylic acid groups (broad SMARTS) is 1. The average Bonchev–Trinajstić information content (AvgIpc) is 3.03. The van der Waals surface area contributed by atoms with Gasteiger partial charge in [-0.3, -0.25) is 29.0 Å². The topological polar surface area (TPSA) is 205 Å². The Morgan fingerprint density at radius 1 is 1.21 bits per heavy atom. The maximum atomic E-state index is 13.1. The Morgan fingerprint density at radius 2 is 1.82 bits per heavy atom. The van der Waals surface area contributed by atoms with E-state index in [-0.39, 0.29) is 0 Å². The standard InChI is InChI=1S/C20H24N6O7S/c1-20(2)13(19(32)33)26-16(30)12(18(26)34-20)24-15(29)11(9-6-4-3-5-7-9)23-10(27)8-25(22)17(31)14(21)28/h3-7,11-13,18H,8,22H2,1-2H3,(H2,21,28)(H,23,27)(H,24,29)(H,32,33)/t11?,12-,13+,18-/m1/s1. The van der Waals surface area contributed by atoms with E-state index < -0.39 is 70.3 Å². The Labute approximate surface area is 198 Å². The first kappa shape index (κ1) is 25.0. The molecule has 182 valence electrons. The molecule has 34 heavy (non-hydrogen) atoms. The Morgan fingerprint density at radius 3 is 2.38 bits per heavy atom. The van der Waals surface area contributed by atoms with Crippen molar-refractivity contribution in [3.63, 3.8) is 0 Å². The summed E-state index contributed by atoms with van der Waals surface area (Å²) in [7, 11) is 0. The average molecular weight is 493 g/mol. The second kappa shape index (κ2) is 9.30. The fraction of sp³-hybridized carbons (Fsp3) is 0.400. The van der Waals surface area contributed by atoms with Crippen molar-refractivity contribution < 1.29 is 33.9 Å². The Hall–Kier alpha value is -3.65. The molecule has 0 saturated carbocycles. The minimum Gasteiger partial charge on any atom is -0.480 e. The minimum absolute atomic E-state index is 0.314. The molecule has 5 amide bonds. The fourth-order valence-electron chi connectivity index (χ4n) is 3.90. The molecule has 3 rings (SSSR count). The van der Waals surface area contributed by atoms with Crippen LogP contribution in [-0.4, -0.2) is 79.3 Å². The number of rotatable bonds is 7. The van der Waals surface area contributed by atoms with E-state index in [1.807, 2.05) is 0 Å². The zero-order chi connectivity index (χ0) is 25.4. The number of fused-ring (bicyclic) bond motifs is 1. The summed E-state index contributed by atoms with van der Waals surface area (Å²) in [5.41, 5.74) is 5.23. The van der Waals surface area contributed by atoms with Crippen LogP contribution < -0.4 is 22.2 Å². The molecular formula is C20H24N6O7S. The summed E-state index contributed by atoms with van der Waals surface area (Å²) < 4.78 is -0.768. The molecule has 2 heterocycles. The number of nitrogens with two attached hydrogens (primary N) is 2. The van der Waals surface area contributed by atoms with E-state index in [2.05, 4.69) is 10.6 Å². The van der Waals surface area contributed by atoms with Gasteiger partial charge in [0.15, 0.2) is 0 Å². The molecule has 2 aliphatic rings. The third kappa shape index (κ3) is 4.68. The van der Waals surface area contributed by atoms with Gasteiger partial charge in [-0.05, 0) is 19.4 Å². The summed E-state index contributed by atoms with van der Waals surface area (Å²) in [5.74, 6) is -0.509. The van der Waals surface area contributed by atoms with Crippen LogP contribution in [0.3, 0.4) is 0 Å². The molecule has 0 radical (unpaired) electrons. The predicted octanol–water partition coefficient (Wildman–Crippen LogP) is -2.34. The predicted molar refractivity (Wildman–Crippen MR) is 118 cm³/mol. The van der Waals surface area contributed by atoms with Crippen molar-refractivity contribution in [2.24, 2.45) is 11.6 Å². The SMILES string of the molecule is CC1(C)S[C@@H]2[C@H](NC(=O)C(NC(=O)CN(N)C(=O)C(N)=O)c3ccccc3)C(=O)N2[C@H]1C(=O)O. The molecule has 2 fully saturated rings. The molecule has 1 aromatic carbocycles. The lowest BCUT2D eigenvalue weighted by Gasteiger charge is -2.44. The zero-order valence-corrected chi connectivity index (χ0v) is 19.1. The number of carboxylic acids is 1. The van der Waals surface area contributed by atoms with Crippen LogP contribution in [0.5, 0.6) is 0 Å². The van der Waals surface area contributed by atoms with Gasteiger partial charge in [-0.1, -0.05) is 30.3 Å². The van der Waals surface area contributed by atoms with Gasteiger partial charge < -0.3 is 26.4 Å². The number of hydrazine groups is 1. The second-order valence-electron chi connectivity index (χ2n) is 8.29. The number of thioether (sulfide) groups is 1. The number of amides is 5. The van der Waals surface area contributed by atoms with Crippen molar-refractivity contribution in [1.29, 1.82) is 0 Å². The normalized spacial score (nSPS) is 23.2. The van der Waals surface area contributed by atoms with Gasteiger partial charge in [0.2, 0.25) is 17.7 Å². The highest BCUT2D eigenvalue weighted by Gasteiger charge is 2.64. The smallest absolute Gasteiger partial charge is 0.327 e. The summed E-state index contributed by atoms with van der Waals surface area (Å²) in [6.07, 6.45) is 0. The van der Waals surface area contributed by atoms with Crippen LogP contribution in [0.25, 0.3) is 0 Å². The van der Waals surface area contributed by atoms with Gasteiger partial charge in [0.25, 0.3) is 0 Å². The first-order chi connectivity index (χ1) is 15.8. The summed E-state index contributed by atoms with van der Waals surface area (Å²) in [6.45, 7) is 2.67. The first-order valence-electron chi connectivity index (χ1n) is 10.1. The third-order valence-electron chi connectivity index (χ3n) is 5.46. The van der Waals surface area contributed by atoms with Gasteiger partial charge >= 0.3 is 17.8 Å². The number of primary amides is 1. The molecular weight excluding hydrogens is 468 g/mol. The Kier molecular flexibility index (Phi) is 6.84. The molecule has 0 aliphatic carbocycles. The quantitative estimate of drug-likeness (QED) is 0.0908. The van der Waals surface area contributed by atoms with Crippen molar-refractivity contribution in [3.05, 3.63) is 35.9 Å². The number of nitrogens with zero attached hydrogens (tertiary/aromatic N) is 2. The van der Waals surface area contributed by atoms with Crippen LogP contribution in [0.15, 0.2) is 30.3 Å². The summed E-state index contributed by atoms with van der Waals surface area (Å²) in [4.78, 5) is 73.6. The lowest BCUT2D eigenvalue weighted by atomic mass is 9.95. The van der Waals surface area contributed by atoms with Crippen LogP contribution in [0, 0.1) is 0 Å². The van der Waals surface area contributed by atoms with Crippen molar-refractivity contribution in [2.45, 2.75) is 42.1 Å². The minimum atomic E-state index is -1.35. The maximum absolute atomic E-state index is 13.1. The number of hydrogen-bond acceptors (Lipinski definition) is 8. The molecule has 4 atom stereocenters. The van der Waals surface area contributed by atoms with Crippen molar-refractivity contribution in [3.8, 4) is 0 Å². The van der Waals surface area contributed by atoms with Gasteiger partial charge in [-0.25, -0.2) is 10.6 Å². The van der Waals surface area contributed by atoms with E-state index in [1.54, 1.807) is 44.2 Å². The van der Waals surface area contributed by atoms with Gasteiger partial charge in [0.05, 0.1) is 0 Å². The van der Waals surface area contributed by atoms with E-state index in [0.29, 0.717) is 10.6 Å². The van der Waals surface area contributed by atoms with Crippen LogP contribution >= 0.6 is 11.8 Å². The van der Waals surface area contributed by atoms with Crippen LogP contribution in [0.1, 0.15) is 25.5 Å². The molecule has 14 heteroatoms. The Bertz CT molecular complexity index is 1050. The summed E-state index contributed by atoms with van der Waals surface area (Å²) in [6, 6.07) is 4.83. The zero-order valence-electron chi connectivity index (χ0n) is 18.3. The van der Waals surface area contributed by atoms with Gasteiger partial charge in [0.1, 0.15) is 30.0 Å². The number of hydrogen-bond donors (Lipinski definition) is 5. The van der Waals surface area contributed by atoms with E-state index in [4.69, 9.17) is 11.6 Å². The van der Waals surface area contributed by atoms with Crippen molar-refractivity contribution in [2.75, 3.05) is 6.54 Å². The maximum Gasteiger partial charge on any atom is 0.327 e. The summed E-state index contributed by atoms with van der Waals surface area (Å²) in [5, 5.41) is 14.3. The van der Waals surface area contributed by atoms with Gasteiger partial charge in [0, 0.05) is 4.75 Å². The Balaban J connectivity index is 1.74. The fourth-order valence-corrected chi connectivity index (χ4v) is 5.53. The van der Waals surface area contributed by atoms with Gasteiger partial charge in [-0.15, -0.1) is 11.8 Å². The molecule has 2 saturated heterocycles. The molecule has 1 unspecified atom stereocenters. The molecule has 0 bridgehead atoms. The largest absolute Gasteiger partial charge is 0.480 e. The molecule has 7 N–H and O–H groups in total. The monoisotopic (exact) mass is 492 g/mol. The number of benzene rings is 1. The van der Waals surface area contributed by atoms with Gasteiger partial charge in [-0.2, -0.15) is 0 Å². The highest BCUT2D eigenvalue weighted by Crippen LogP contribution is 2.50. The van der Waals surface area contributed by atoms with Crippen molar-refractivity contribution >= 4 is 47.3 Å². The van der Waals surface area contributed by atoms with E-state index >= 15 is 0 Å². The molecule has 0 spiro atoms. The molecule has 2 aliphatic heterocycles. The third-order valence-corrected chi connectivity index (χ3v) is 7.03. The van der Waals surface area contributed by atoms with Crippen LogP contribution in [0.2, 0.25) is 0 Å². The first-order valence-corrected chi connectivity index (χ1v) is 11.0. The highest BCUT2D eigenvalue weighted by molar-refractivity contribution is 8.01. The van der Waals surface area contributed by atoms with Crippen molar-refractivity contribution in [1.82, 2.24) is 20.5 Å². The van der Waals surface area contributed by atoms with Crippen LogP contribution in [-0.2, 0) is 28.8 Å². The van der Waals surface area contributed by atoms with Crippen LogP contribution in [0.4, 0.5) is 0 Å². The van der Waals surface area contributed by atoms with E-state index in [0.717, 1.165) is 0 Å².